The number of allylic oxidation sites excluding steroid dienone is 2. The zero-order valence-corrected chi connectivity index (χ0v) is 22.1. The SMILES string of the molecule is Cc1csc(-c2cc(C3=C(c4cc(-c5cc(C)cs5)sc4C)C(F)(F)C(F)(F)C3(F)F)c(C)s2)c1. The van der Waals surface area contributed by atoms with Gasteiger partial charge in [0.25, 0.3) is 0 Å². The van der Waals surface area contributed by atoms with Crippen LogP contribution < -0.4 is 0 Å². The van der Waals surface area contributed by atoms with Crippen molar-refractivity contribution in [1.29, 1.82) is 0 Å². The van der Waals surface area contributed by atoms with Crippen molar-refractivity contribution in [2.24, 2.45) is 0 Å². The highest BCUT2D eigenvalue weighted by molar-refractivity contribution is 7.22. The van der Waals surface area contributed by atoms with Crippen LogP contribution >= 0.6 is 45.3 Å². The molecule has 10 heteroatoms. The summed E-state index contributed by atoms with van der Waals surface area (Å²) in [5.74, 6) is -15.7. The Morgan fingerprint density at radius 1 is 0.543 bits per heavy atom. The van der Waals surface area contributed by atoms with Gasteiger partial charge in [0.1, 0.15) is 0 Å². The smallest absolute Gasteiger partial charge is 0.194 e. The van der Waals surface area contributed by atoms with Gasteiger partial charge in [-0.05, 0) is 85.0 Å². The number of aryl methyl sites for hydroxylation is 4. The van der Waals surface area contributed by atoms with Gasteiger partial charge in [-0.1, -0.05) is 0 Å². The second-order valence-electron chi connectivity index (χ2n) is 8.61. The second kappa shape index (κ2) is 8.06. The number of hydrogen-bond acceptors (Lipinski definition) is 4. The van der Waals surface area contributed by atoms with E-state index in [-0.39, 0.29) is 20.9 Å². The quantitative estimate of drug-likeness (QED) is 0.218. The van der Waals surface area contributed by atoms with Gasteiger partial charge in [-0.3, -0.25) is 0 Å². The highest BCUT2D eigenvalue weighted by Gasteiger charge is 2.80. The zero-order chi connectivity index (χ0) is 25.5. The van der Waals surface area contributed by atoms with Crippen molar-refractivity contribution >= 4 is 56.5 Å². The van der Waals surface area contributed by atoms with Crippen LogP contribution in [0.25, 0.3) is 30.7 Å². The molecule has 0 unspecified atom stereocenters. The lowest BCUT2D eigenvalue weighted by molar-refractivity contribution is -0.254. The molecule has 0 spiro atoms. The van der Waals surface area contributed by atoms with Crippen molar-refractivity contribution in [1.82, 2.24) is 0 Å². The molecule has 0 amide bonds. The summed E-state index contributed by atoms with van der Waals surface area (Å²) in [6, 6.07) is 6.39. The maximum Gasteiger partial charge on any atom is 0.380 e. The predicted molar refractivity (Wildman–Crippen MR) is 136 cm³/mol. The third-order valence-electron chi connectivity index (χ3n) is 5.99. The third kappa shape index (κ3) is 3.59. The molecule has 0 radical (unpaired) electrons. The van der Waals surface area contributed by atoms with Gasteiger partial charge in [0, 0.05) is 40.4 Å². The summed E-state index contributed by atoms with van der Waals surface area (Å²) < 4.78 is 90.7. The number of rotatable bonds is 4. The van der Waals surface area contributed by atoms with Crippen LogP contribution in [0, 0.1) is 27.7 Å². The van der Waals surface area contributed by atoms with Crippen LogP contribution in [0.3, 0.4) is 0 Å². The summed E-state index contributed by atoms with van der Waals surface area (Å²) in [4.78, 5) is 3.27. The first-order chi connectivity index (χ1) is 16.3. The van der Waals surface area contributed by atoms with Crippen LogP contribution in [0.4, 0.5) is 26.3 Å². The Labute approximate surface area is 214 Å². The van der Waals surface area contributed by atoms with E-state index in [1.54, 1.807) is 0 Å². The lowest BCUT2D eigenvalue weighted by atomic mass is 9.95. The summed E-state index contributed by atoms with van der Waals surface area (Å²) in [5.41, 5.74) is -1.15. The van der Waals surface area contributed by atoms with E-state index < -0.39 is 28.9 Å². The summed E-state index contributed by atoms with van der Waals surface area (Å²) in [6.07, 6.45) is 0. The minimum absolute atomic E-state index is 0.257. The summed E-state index contributed by atoms with van der Waals surface area (Å²) in [5, 5.41) is 3.76. The Kier molecular flexibility index (Phi) is 5.71. The summed E-state index contributed by atoms with van der Waals surface area (Å²) in [6.45, 7) is 6.75. The van der Waals surface area contributed by atoms with Gasteiger partial charge < -0.3 is 0 Å². The van der Waals surface area contributed by atoms with Crippen LogP contribution in [-0.2, 0) is 0 Å². The molecule has 0 atom stereocenters. The molecule has 0 aliphatic heterocycles. The third-order valence-corrected chi connectivity index (χ3v) is 10.6. The molecule has 0 nitrogen and oxygen atoms in total. The number of thiophene rings is 4. The first-order valence-electron chi connectivity index (χ1n) is 10.5. The Bertz CT molecular complexity index is 1370. The van der Waals surface area contributed by atoms with E-state index in [1.807, 2.05) is 36.7 Å². The molecular formula is C25H18F6S4. The van der Waals surface area contributed by atoms with E-state index in [2.05, 4.69) is 0 Å². The van der Waals surface area contributed by atoms with Gasteiger partial charge in [0.2, 0.25) is 0 Å². The highest BCUT2D eigenvalue weighted by atomic mass is 32.1. The Morgan fingerprint density at radius 3 is 1.23 bits per heavy atom. The Morgan fingerprint density at radius 2 is 0.914 bits per heavy atom. The molecule has 0 N–H and O–H groups in total. The Hall–Kier alpha value is -1.88. The molecule has 0 saturated heterocycles. The molecule has 4 aromatic heterocycles. The molecule has 35 heavy (non-hydrogen) atoms. The lowest BCUT2D eigenvalue weighted by Crippen LogP contribution is -2.48. The van der Waals surface area contributed by atoms with E-state index in [0.29, 0.717) is 9.75 Å². The van der Waals surface area contributed by atoms with Gasteiger partial charge >= 0.3 is 17.8 Å². The fourth-order valence-electron chi connectivity index (χ4n) is 4.26. The largest absolute Gasteiger partial charge is 0.380 e. The minimum atomic E-state index is -5.56. The van der Waals surface area contributed by atoms with Crippen molar-refractivity contribution < 1.29 is 26.3 Å². The first-order valence-corrected chi connectivity index (χ1v) is 13.9. The molecular weight excluding hydrogens is 543 g/mol. The molecule has 184 valence electrons. The molecule has 5 rings (SSSR count). The van der Waals surface area contributed by atoms with Gasteiger partial charge in [0.05, 0.1) is 0 Å². The first kappa shape index (κ1) is 24.8. The molecule has 4 aromatic rings. The van der Waals surface area contributed by atoms with Gasteiger partial charge in [-0.15, -0.1) is 45.3 Å². The van der Waals surface area contributed by atoms with Crippen LogP contribution in [0.2, 0.25) is 0 Å². The average Bonchev–Trinajstić information content (AvgIpc) is 3.54. The van der Waals surface area contributed by atoms with E-state index in [1.165, 1.54) is 48.7 Å². The molecule has 0 aromatic carbocycles. The minimum Gasteiger partial charge on any atom is -0.194 e. The Balaban J connectivity index is 1.78. The zero-order valence-electron chi connectivity index (χ0n) is 18.9. The number of alkyl halides is 6. The van der Waals surface area contributed by atoms with Crippen molar-refractivity contribution in [3.05, 3.63) is 67.0 Å². The number of halogens is 6. The summed E-state index contributed by atoms with van der Waals surface area (Å²) >= 11 is 5.03. The fourth-order valence-corrected chi connectivity index (χ4v) is 8.29. The maximum atomic E-state index is 15.3. The van der Waals surface area contributed by atoms with Crippen molar-refractivity contribution in [3.63, 3.8) is 0 Å². The summed E-state index contributed by atoms with van der Waals surface area (Å²) in [7, 11) is 0. The molecule has 1 aliphatic rings. The van der Waals surface area contributed by atoms with E-state index in [0.717, 1.165) is 43.6 Å². The van der Waals surface area contributed by atoms with Crippen molar-refractivity contribution in [2.45, 2.75) is 45.5 Å². The van der Waals surface area contributed by atoms with E-state index in [4.69, 9.17) is 0 Å². The van der Waals surface area contributed by atoms with Gasteiger partial charge in [-0.2, -0.15) is 26.3 Å². The van der Waals surface area contributed by atoms with Crippen LogP contribution in [-0.4, -0.2) is 17.8 Å². The molecule has 4 heterocycles. The standard InChI is InChI=1S/C25H18F6S4/c1-11-5-17(32-9-11)19-7-15(13(3)34-19)21-22(24(28,29)25(30,31)23(21,26)27)16-8-20(35-14(16)4)18-6-12(2)10-33-18/h5-10H,1-4H3. The second-order valence-corrected chi connectivity index (χ2v) is 12.9. The molecule has 0 fully saturated rings. The maximum absolute atomic E-state index is 15.3. The van der Waals surface area contributed by atoms with Crippen LogP contribution in [0.1, 0.15) is 32.0 Å². The van der Waals surface area contributed by atoms with Gasteiger partial charge in [0.15, 0.2) is 0 Å². The fraction of sp³-hybridized carbons (Fsp3) is 0.280. The monoisotopic (exact) mass is 560 g/mol. The van der Waals surface area contributed by atoms with E-state index >= 15 is 17.6 Å². The van der Waals surface area contributed by atoms with Crippen LogP contribution in [0.5, 0.6) is 0 Å². The number of hydrogen-bond donors (Lipinski definition) is 0. The molecule has 0 saturated carbocycles. The predicted octanol–water partition coefficient (Wildman–Crippen LogP) is 10.3. The topological polar surface area (TPSA) is 0 Å². The van der Waals surface area contributed by atoms with E-state index in [9.17, 15) is 8.78 Å². The normalized spacial score (nSPS) is 18.6. The van der Waals surface area contributed by atoms with Crippen molar-refractivity contribution in [2.75, 3.05) is 0 Å². The van der Waals surface area contributed by atoms with Gasteiger partial charge in [-0.25, -0.2) is 0 Å². The average molecular weight is 561 g/mol. The molecule has 0 bridgehead atoms. The molecule has 1 aliphatic carbocycles. The highest BCUT2D eigenvalue weighted by Crippen LogP contribution is 2.66. The van der Waals surface area contributed by atoms with Crippen LogP contribution in [0.15, 0.2) is 35.0 Å². The lowest BCUT2D eigenvalue weighted by Gasteiger charge is -2.25. The van der Waals surface area contributed by atoms with Crippen molar-refractivity contribution in [3.8, 4) is 19.5 Å².